The number of oxazole rings is 1. The second-order valence-electron chi connectivity index (χ2n) is 6.57. The summed E-state index contributed by atoms with van der Waals surface area (Å²) < 4.78 is 10.8. The maximum absolute atomic E-state index is 12.5. The fourth-order valence-corrected chi connectivity index (χ4v) is 3.50. The van der Waals surface area contributed by atoms with Crippen LogP contribution in [0, 0.1) is 12.8 Å². The normalized spacial score (nSPS) is 23.1. The quantitative estimate of drug-likeness (QED) is 0.898. The highest BCUT2D eigenvalue weighted by molar-refractivity contribution is 5.92. The molecule has 0 saturated heterocycles. The highest BCUT2D eigenvalue weighted by Gasteiger charge is 2.36. The van der Waals surface area contributed by atoms with Crippen LogP contribution in [0.15, 0.2) is 29.0 Å². The van der Waals surface area contributed by atoms with Gasteiger partial charge in [0, 0.05) is 6.42 Å². The molecule has 0 radical (unpaired) electrons. The summed E-state index contributed by atoms with van der Waals surface area (Å²) in [7, 11) is 0. The van der Waals surface area contributed by atoms with Crippen molar-refractivity contribution in [3.8, 4) is 5.75 Å². The van der Waals surface area contributed by atoms with Crippen LogP contribution in [0.5, 0.6) is 5.75 Å². The molecule has 1 aliphatic carbocycles. The molecule has 1 unspecified atom stereocenters. The first-order valence-corrected chi connectivity index (χ1v) is 8.26. The number of fused-ring (bicyclic) bond motifs is 1. The Labute approximate surface area is 139 Å². The van der Waals surface area contributed by atoms with E-state index in [-0.39, 0.29) is 29.7 Å². The summed E-state index contributed by atoms with van der Waals surface area (Å²) in [6, 6.07) is 5.90. The fourth-order valence-electron chi connectivity index (χ4n) is 3.50. The van der Waals surface area contributed by atoms with E-state index in [1.54, 1.807) is 6.92 Å². The van der Waals surface area contributed by atoms with Gasteiger partial charge in [0.2, 0.25) is 5.76 Å². The summed E-state index contributed by atoms with van der Waals surface area (Å²) in [5.41, 5.74) is 2.78. The predicted molar refractivity (Wildman–Crippen MR) is 85.8 cm³/mol. The van der Waals surface area contributed by atoms with Crippen molar-refractivity contribution in [2.24, 2.45) is 5.92 Å². The molecule has 2 heterocycles. The molecule has 0 spiro atoms. The Morgan fingerprint density at radius 1 is 1.42 bits per heavy atom. The third-order valence-corrected chi connectivity index (χ3v) is 4.93. The summed E-state index contributed by atoms with van der Waals surface area (Å²) in [5, 5.41) is 12.7. The van der Waals surface area contributed by atoms with Crippen molar-refractivity contribution < 1.29 is 19.1 Å². The molecule has 2 aliphatic rings. The van der Waals surface area contributed by atoms with Crippen LogP contribution in [-0.2, 0) is 6.42 Å². The number of aliphatic hydroxyl groups is 1. The highest BCUT2D eigenvalue weighted by Crippen LogP contribution is 2.40. The number of aryl methyl sites for hydroxylation is 1. The number of carbonyl (C=O) groups excluding carboxylic acids is 1. The third kappa shape index (κ3) is 2.67. The number of rotatable bonds is 4. The van der Waals surface area contributed by atoms with Crippen molar-refractivity contribution in [1.29, 1.82) is 0 Å². The van der Waals surface area contributed by atoms with Gasteiger partial charge in [-0.25, -0.2) is 4.98 Å². The predicted octanol–water partition coefficient (Wildman–Crippen LogP) is 2.16. The van der Waals surface area contributed by atoms with Gasteiger partial charge in [0.15, 0.2) is 6.39 Å². The maximum atomic E-state index is 12.5. The van der Waals surface area contributed by atoms with Crippen molar-refractivity contribution in [3.63, 3.8) is 0 Å². The number of hydrogen-bond donors (Lipinski definition) is 2. The fraction of sp³-hybridized carbons (Fsp3) is 0.444. The summed E-state index contributed by atoms with van der Waals surface area (Å²) in [5.74, 6) is 1.11. The molecule has 1 aromatic carbocycles. The van der Waals surface area contributed by atoms with E-state index in [0.717, 1.165) is 17.7 Å². The minimum atomic E-state index is -0.279. The molecule has 1 atom stereocenters. The highest BCUT2D eigenvalue weighted by atomic mass is 16.5. The molecule has 4 rings (SSSR count). The molecule has 2 N–H and O–H groups in total. The van der Waals surface area contributed by atoms with Crippen molar-refractivity contribution in [3.05, 3.63) is 47.2 Å². The van der Waals surface area contributed by atoms with Crippen LogP contribution in [0.25, 0.3) is 0 Å². The van der Waals surface area contributed by atoms with Crippen molar-refractivity contribution in [2.45, 2.75) is 38.3 Å². The Kier molecular flexibility index (Phi) is 3.76. The Balaban J connectivity index is 1.60. The van der Waals surface area contributed by atoms with Gasteiger partial charge in [-0.15, -0.1) is 0 Å². The van der Waals surface area contributed by atoms with E-state index in [2.05, 4.69) is 16.4 Å². The van der Waals surface area contributed by atoms with Gasteiger partial charge < -0.3 is 19.6 Å². The molecule has 2 aromatic rings. The number of ether oxygens (including phenoxy) is 1. The lowest BCUT2D eigenvalue weighted by Gasteiger charge is -2.38. The minimum absolute atomic E-state index is 0.156. The smallest absolute Gasteiger partial charge is 0.289 e. The van der Waals surface area contributed by atoms with Crippen molar-refractivity contribution in [2.75, 3.05) is 6.61 Å². The largest absolute Gasteiger partial charge is 0.493 e. The average Bonchev–Trinajstić information content (AvgIpc) is 3.17. The number of hydrogen-bond acceptors (Lipinski definition) is 5. The number of amides is 1. The Hall–Kier alpha value is -2.34. The zero-order valence-electron chi connectivity index (χ0n) is 13.5. The Morgan fingerprint density at radius 2 is 2.25 bits per heavy atom. The number of nitrogens with zero attached hydrogens (tertiary/aromatic N) is 1. The molecule has 1 fully saturated rings. The molecule has 1 aliphatic heterocycles. The second-order valence-corrected chi connectivity index (χ2v) is 6.57. The zero-order valence-corrected chi connectivity index (χ0v) is 13.5. The third-order valence-electron chi connectivity index (χ3n) is 4.93. The van der Waals surface area contributed by atoms with Crippen molar-refractivity contribution in [1.82, 2.24) is 10.3 Å². The monoisotopic (exact) mass is 328 g/mol. The Morgan fingerprint density at radius 3 is 2.96 bits per heavy atom. The van der Waals surface area contributed by atoms with E-state index in [1.807, 2.05) is 12.1 Å². The van der Waals surface area contributed by atoms with Crippen LogP contribution in [0.4, 0.5) is 0 Å². The molecule has 6 heteroatoms. The number of aliphatic hydroxyl groups excluding tert-OH is 1. The van der Waals surface area contributed by atoms with Crippen LogP contribution in [0.2, 0.25) is 0 Å². The van der Waals surface area contributed by atoms with Gasteiger partial charge in [0.05, 0.1) is 24.4 Å². The first-order chi connectivity index (χ1) is 11.6. The lowest BCUT2D eigenvalue weighted by atomic mass is 9.75. The average molecular weight is 328 g/mol. The van der Waals surface area contributed by atoms with Crippen LogP contribution >= 0.6 is 0 Å². The topological polar surface area (TPSA) is 84.6 Å². The molecule has 126 valence electrons. The molecule has 1 saturated carbocycles. The van der Waals surface area contributed by atoms with E-state index in [9.17, 15) is 9.90 Å². The van der Waals surface area contributed by atoms with Crippen LogP contribution in [0.3, 0.4) is 0 Å². The lowest BCUT2D eigenvalue weighted by Crippen LogP contribution is -2.41. The van der Waals surface area contributed by atoms with Crippen LogP contribution < -0.4 is 10.1 Å². The minimum Gasteiger partial charge on any atom is -0.493 e. The lowest BCUT2D eigenvalue weighted by molar-refractivity contribution is 0.0232. The van der Waals surface area contributed by atoms with Gasteiger partial charge in [0.25, 0.3) is 5.91 Å². The first-order valence-electron chi connectivity index (χ1n) is 8.26. The molecule has 24 heavy (non-hydrogen) atoms. The van der Waals surface area contributed by atoms with E-state index >= 15 is 0 Å². The van der Waals surface area contributed by atoms with E-state index in [1.165, 1.54) is 12.0 Å². The summed E-state index contributed by atoms with van der Waals surface area (Å²) in [6.45, 7) is 2.45. The first kappa shape index (κ1) is 15.2. The summed E-state index contributed by atoms with van der Waals surface area (Å²) in [4.78, 5) is 16.5. The van der Waals surface area contributed by atoms with Crippen molar-refractivity contribution >= 4 is 5.91 Å². The van der Waals surface area contributed by atoms with Crippen LogP contribution in [0.1, 0.15) is 46.3 Å². The Bertz CT molecular complexity index is 764. The zero-order chi connectivity index (χ0) is 16.7. The number of aromatic nitrogens is 1. The summed E-state index contributed by atoms with van der Waals surface area (Å²) in [6.07, 6.45) is 3.26. The SMILES string of the molecule is Cc1ncoc1C(=O)NC(c1ccc2c(c1)CCO2)C1CC(O)C1. The summed E-state index contributed by atoms with van der Waals surface area (Å²) >= 11 is 0. The van der Waals surface area contributed by atoms with Gasteiger partial charge in [-0.1, -0.05) is 6.07 Å². The molecule has 1 amide bonds. The van der Waals surface area contributed by atoms with Gasteiger partial charge in [0.1, 0.15) is 5.75 Å². The van der Waals surface area contributed by atoms with Crippen LogP contribution in [-0.4, -0.2) is 28.7 Å². The van der Waals surface area contributed by atoms with Gasteiger partial charge in [-0.3, -0.25) is 4.79 Å². The maximum Gasteiger partial charge on any atom is 0.289 e. The van der Waals surface area contributed by atoms with Gasteiger partial charge in [-0.05, 0) is 48.9 Å². The van der Waals surface area contributed by atoms with E-state index < -0.39 is 0 Å². The molecule has 0 bridgehead atoms. The van der Waals surface area contributed by atoms with Gasteiger partial charge in [-0.2, -0.15) is 0 Å². The standard InChI is InChI=1S/C18H20N2O4/c1-10-17(24-9-19-10)18(22)20-16(13-7-14(21)8-13)12-2-3-15-11(6-12)4-5-23-15/h2-3,6,9,13-14,16,21H,4-5,7-8H2,1H3,(H,20,22). The van der Waals surface area contributed by atoms with E-state index in [4.69, 9.17) is 9.15 Å². The van der Waals surface area contributed by atoms with E-state index in [0.29, 0.717) is 25.1 Å². The molecular weight excluding hydrogens is 308 g/mol. The van der Waals surface area contributed by atoms with Gasteiger partial charge >= 0.3 is 0 Å². The second kappa shape index (κ2) is 5.94. The molecular formula is C18H20N2O4. The molecule has 1 aromatic heterocycles. The number of carbonyl (C=O) groups is 1. The molecule has 6 nitrogen and oxygen atoms in total. The number of benzene rings is 1. The number of nitrogens with one attached hydrogen (secondary N) is 1.